The number of amides is 1. The second-order valence-corrected chi connectivity index (χ2v) is 21.3. The van der Waals surface area contributed by atoms with Crippen molar-refractivity contribution in [3.63, 3.8) is 0 Å². The van der Waals surface area contributed by atoms with Crippen LogP contribution in [0.4, 0.5) is 0 Å². The Morgan fingerprint density at radius 1 is 1.06 bits per heavy atom. The van der Waals surface area contributed by atoms with Gasteiger partial charge in [-0.05, 0) is 112 Å². The fourth-order valence-corrected chi connectivity index (χ4v) is 12.5. The average Bonchev–Trinajstić information content (AvgIpc) is 3.54. The van der Waals surface area contributed by atoms with Crippen LogP contribution in [0.25, 0.3) is 0 Å². The molecule has 3 saturated carbocycles. The first-order valence-corrected chi connectivity index (χ1v) is 20.5. The molecule has 4 fully saturated rings. The van der Waals surface area contributed by atoms with Crippen molar-refractivity contribution in [1.29, 1.82) is 0 Å². The van der Waals surface area contributed by atoms with Crippen molar-refractivity contribution < 1.29 is 24.2 Å². The molecule has 53 heavy (non-hydrogen) atoms. The van der Waals surface area contributed by atoms with Crippen molar-refractivity contribution in [2.45, 2.75) is 152 Å². The maximum atomic E-state index is 13.5. The number of carbonyl (C=O) groups excluding carboxylic acids is 1. The number of hydrogen-bond acceptors (Lipinski definition) is 7. The van der Waals surface area contributed by atoms with E-state index in [4.69, 9.17) is 20.3 Å². The topological polar surface area (TPSA) is 142 Å². The number of carboxylic acid groups (broad SMARTS) is 1. The molecule has 6 rings (SSSR count). The molecule has 12 atom stereocenters. The SMILES string of the molecule is CC(C)[C@@H](C)[C@@]1(C)CC[C@]2(C)[C@H]3CC[C@@H]4C5(COC[C@]4(C)[C@@H](OC[C@](C)(N)C(C)C)[C@H](n4cnc(C(=O)NC(C)(C)C)n4)C5)C3=CC[C@@]2(C)[C@@H]1C(=O)O. The highest BCUT2D eigenvalue weighted by atomic mass is 16.5. The number of aliphatic carboxylic acids is 1. The van der Waals surface area contributed by atoms with E-state index >= 15 is 0 Å². The Labute approximate surface area is 319 Å². The molecule has 1 aromatic rings. The summed E-state index contributed by atoms with van der Waals surface area (Å²) < 4.78 is 15.7. The van der Waals surface area contributed by atoms with E-state index in [1.807, 2.05) is 25.5 Å². The molecular formula is C43H71N5O5. The quantitative estimate of drug-likeness (QED) is 0.219. The molecule has 298 valence electrons. The molecule has 1 aromatic heterocycles. The molecule has 4 N–H and O–H groups in total. The third kappa shape index (κ3) is 6.14. The summed E-state index contributed by atoms with van der Waals surface area (Å²) in [5.41, 5.74) is 5.84. The number of nitrogens with two attached hydrogens (primary N) is 1. The predicted molar refractivity (Wildman–Crippen MR) is 207 cm³/mol. The Hall–Kier alpha value is -2.30. The fraction of sp³-hybridized carbons (Fsp3) is 0.860. The molecule has 1 aliphatic heterocycles. The number of carboxylic acids is 1. The Morgan fingerprint density at radius 3 is 2.34 bits per heavy atom. The van der Waals surface area contributed by atoms with Gasteiger partial charge in [0.05, 0.1) is 37.9 Å². The summed E-state index contributed by atoms with van der Waals surface area (Å²) in [6.45, 7) is 29.8. The van der Waals surface area contributed by atoms with Gasteiger partial charge in [0.2, 0.25) is 5.82 Å². The van der Waals surface area contributed by atoms with Gasteiger partial charge in [0.25, 0.3) is 5.91 Å². The molecule has 10 heteroatoms. The first-order chi connectivity index (χ1) is 24.4. The Kier molecular flexibility index (Phi) is 10.0. The van der Waals surface area contributed by atoms with Crippen LogP contribution in [0.1, 0.15) is 145 Å². The maximum Gasteiger partial charge on any atom is 0.307 e. The van der Waals surface area contributed by atoms with Crippen LogP contribution in [0, 0.1) is 62.6 Å². The van der Waals surface area contributed by atoms with Crippen LogP contribution in [0.15, 0.2) is 18.0 Å². The number of aromatic nitrogens is 3. The Balaban J connectivity index is 1.45. The summed E-state index contributed by atoms with van der Waals surface area (Å²) in [6.07, 6.45) is 9.38. The van der Waals surface area contributed by atoms with Crippen LogP contribution in [-0.4, -0.2) is 68.7 Å². The molecule has 1 unspecified atom stereocenters. The number of allylic oxidation sites excluding steroid dienone is 1. The number of hydrogen-bond donors (Lipinski definition) is 3. The van der Waals surface area contributed by atoms with Gasteiger partial charge in [-0.1, -0.05) is 74.0 Å². The standard InChI is InChI=1S/C43H71N5O5/c1-25(2)27(5)38(9)18-19-40(11)28-14-15-31-39(10)21-52-23-43(31,29(28)16-17-41(40,12)32(38)36(50)51)20-30(33(39)53-22-42(13,44)26(3)4)48-24-45-34(47-48)35(49)46-37(6,7)8/h16,24-28,30-33H,14-15,17-23,44H2,1-13H3,(H,46,49)(H,50,51)/t27-,28+,30-,31+,32-,33+,38-,39+,40-,41+,42+,43?/m1/s1. The third-order valence-corrected chi connectivity index (χ3v) is 16.5. The zero-order chi connectivity index (χ0) is 39.3. The van der Waals surface area contributed by atoms with E-state index in [0.29, 0.717) is 31.7 Å². The van der Waals surface area contributed by atoms with Gasteiger partial charge in [-0.2, -0.15) is 0 Å². The van der Waals surface area contributed by atoms with Gasteiger partial charge in [0, 0.05) is 21.9 Å². The van der Waals surface area contributed by atoms with Gasteiger partial charge in [-0.3, -0.25) is 9.59 Å². The van der Waals surface area contributed by atoms with Gasteiger partial charge >= 0.3 is 5.97 Å². The first kappa shape index (κ1) is 40.4. The smallest absolute Gasteiger partial charge is 0.307 e. The van der Waals surface area contributed by atoms with Gasteiger partial charge in [0.15, 0.2) is 0 Å². The van der Waals surface area contributed by atoms with Crippen LogP contribution in [0.2, 0.25) is 0 Å². The second-order valence-electron chi connectivity index (χ2n) is 21.3. The molecule has 0 radical (unpaired) electrons. The summed E-state index contributed by atoms with van der Waals surface area (Å²) in [6, 6.07) is -0.208. The second kappa shape index (κ2) is 13.1. The van der Waals surface area contributed by atoms with Gasteiger partial charge in [-0.25, -0.2) is 9.67 Å². The Morgan fingerprint density at radius 2 is 1.74 bits per heavy atom. The highest BCUT2D eigenvalue weighted by molar-refractivity contribution is 5.90. The fourth-order valence-electron chi connectivity index (χ4n) is 12.5. The van der Waals surface area contributed by atoms with Crippen LogP contribution in [0.3, 0.4) is 0 Å². The van der Waals surface area contributed by atoms with Crippen molar-refractivity contribution >= 4 is 11.9 Å². The molecular weight excluding hydrogens is 667 g/mol. The molecule has 1 saturated heterocycles. The zero-order valence-corrected chi connectivity index (χ0v) is 35.1. The van der Waals surface area contributed by atoms with Gasteiger partial charge in [-0.15, -0.1) is 5.10 Å². The van der Waals surface area contributed by atoms with Crippen LogP contribution in [-0.2, 0) is 14.3 Å². The number of nitrogens with one attached hydrogen (secondary N) is 1. The number of fused-ring (bicyclic) bond motifs is 3. The number of rotatable bonds is 9. The van der Waals surface area contributed by atoms with E-state index < -0.39 is 28.4 Å². The van der Waals surface area contributed by atoms with Crippen molar-refractivity contribution in [3.8, 4) is 0 Å². The van der Waals surface area contributed by atoms with Crippen molar-refractivity contribution in [3.05, 3.63) is 23.8 Å². The van der Waals surface area contributed by atoms with E-state index in [1.165, 1.54) is 5.57 Å². The monoisotopic (exact) mass is 738 g/mol. The van der Waals surface area contributed by atoms with Crippen LogP contribution in [0.5, 0.6) is 0 Å². The van der Waals surface area contributed by atoms with Crippen LogP contribution >= 0.6 is 0 Å². The summed E-state index contributed by atoms with van der Waals surface area (Å²) in [5, 5.41) is 19.0. The molecule has 0 aromatic carbocycles. The van der Waals surface area contributed by atoms with E-state index in [2.05, 4.69) is 85.6 Å². The van der Waals surface area contributed by atoms with Gasteiger partial charge < -0.3 is 25.6 Å². The third-order valence-electron chi connectivity index (χ3n) is 16.5. The predicted octanol–water partition coefficient (Wildman–Crippen LogP) is 7.69. The lowest BCUT2D eigenvalue weighted by atomic mass is 9.34. The molecule has 1 amide bonds. The summed E-state index contributed by atoms with van der Waals surface area (Å²) in [5.74, 6) is 0.230. The molecule has 5 aliphatic rings. The van der Waals surface area contributed by atoms with Crippen LogP contribution < -0.4 is 11.1 Å². The lowest BCUT2D eigenvalue weighted by molar-refractivity contribution is -0.252. The number of carbonyl (C=O) groups is 2. The largest absolute Gasteiger partial charge is 0.481 e. The summed E-state index contributed by atoms with van der Waals surface area (Å²) >= 11 is 0. The molecule has 4 aliphatic carbocycles. The normalized spacial score (nSPS) is 41.4. The highest BCUT2D eigenvalue weighted by Crippen LogP contribution is 2.75. The minimum atomic E-state index is -0.644. The number of nitrogens with zero attached hydrogens (tertiary/aromatic N) is 3. The molecule has 2 heterocycles. The summed E-state index contributed by atoms with van der Waals surface area (Å²) in [4.78, 5) is 31.3. The van der Waals surface area contributed by atoms with E-state index in [9.17, 15) is 14.7 Å². The lowest BCUT2D eigenvalue weighted by Crippen LogP contribution is -2.69. The molecule has 10 nitrogen and oxygen atoms in total. The molecule has 0 spiro atoms. The van der Waals surface area contributed by atoms with Crippen molar-refractivity contribution in [2.75, 3.05) is 19.8 Å². The van der Waals surface area contributed by atoms with E-state index in [0.717, 1.165) is 38.5 Å². The van der Waals surface area contributed by atoms with Crippen molar-refractivity contribution in [1.82, 2.24) is 20.1 Å². The maximum absolute atomic E-state index is 13.5. The summed E-state index contributed by atoms with van der Waals surface area (Å²) in [7, 11) is 0. The minimum Gasteiger partial charge on any atom is -0.481 e. The zero-order valence-electron chi connectivity index (χ0n) is 35.1. The lowest BCUT2D eigenvalue weighted by Gasteiger charge is -2.71. The highest BCUT2D eigenvalue weighted by Gasteiger charge is 2.72. The number of ether oxygens (including phenoxy) is 2. The van der Waals surface area contributed by atoms with Crippen molar-refractivity contribution in [2.24, 2.45) is 68.3 Å². The molecule has 2 bridgehead atoms. The first-order valence-electron chi connectivity index (χ1n) is 20.5. The van der Waals surface area contributed by atoms with E-state index in [-0.39, 0.29) is 63.3 Å². The average molecular weight is 738 g/mol. The van der Waals surface area contributed by atoms with E-state index in [1.54, 1.807) is 6.33 Å². The Bertz CT molecular complexity index is 1610. The van der Waals surface area contributed by atoms with Gasteiger partial charge in [0.1, 0.15) is 6.33 Å². The minimum absolute atomic E-state index is 0.151.